The molecule has 1 aromatic heterocycles. The zero-order valence-electron chi connectivity index (χ0n) is 3.65. The fourth-order valence-electron chi connectivity index (χ4n) is 0.325. The maximum atomic E-state index is 3.75. The smallest absolute Gasteiger partial charge is 0.0314 e. The zero-order valence-corrected chi connectivity index (χ0v) is 6.05. The number of halogens is 1. The van der Waals surface area contributed by atoms with Crippen LogP contribution in [0.2, 0.25) is 0 Å². The van der Waals surface area contributed by atoms with Crippen LogP contribution >= 0.6 is 27.3 Å². The molecule has 1 radical (unpaired) electrons. The molecule has 0 aromatic carbocycles. The molecule has 0 saturated heterocycles. The summed E-state index contributed by atoms with van der Waals surface area (Å²) in [6.07, 6.45) is 0. The Morgan fingerprint density at radius 2 is 2.43 bits per heavy atom. The summed E-state index contributed by atoms with van der Waals surface area (Å²) >= 11 is 4.96. The van der Waals surface area contributed by atoms with Crippen molar-refractivity contribution < 1.29 is 0 Å². The molecule has 37 valence electrons. The lowest BCUT2D eigenvalue weighted by Crippen LogP contribution is -1.53. The molecule has 0 aliphatic carbocycles. The summed E-state index contributed by atoms with van der Waals surface area (Å²) in [5.41, 5.74) is 0. The third-order valence-corrected chi connectivity index (χ3v) is 2.47. The molecule has 1 aromatic rings. The number of thiophene rings is 1. The maximum Gasteiger partial charge on any atom is 0.0314 e. The quantitative estimate of drug-likeness (QED) is 0.570. The van der Waals surface area contributed by atoms with Crippen molar-refractivity contribution in [3.05, 3.63) is 27.7 Å². The van der Waals surface area contributed by atoms with Crippen LogP contribution in [0.1, 0.15) is 4.88 Å². The molecule has 0 amide bonds. The van der Waals surface area contributed by atoms with Crippen LogP contribution in [0, 0.1) is 6.92 Å². The molecule has 0 aliphatic heterocycles. The number of hydrogen-bond acceptors (Lipinski definition) is 1. The predicted octanol–water partition coefficient (Wildman–Crippen LogP) is 2.69. The van der Waals surface area contributed by atoms with Gasteiger partial charge in [0.25, 0.3) is 0 Å². The molecule has 0 spiro atoms. The Morgan fingerprint density at radius 1 is 1.71 bits per heavy atom. The van der Waals surface area contributed by atoms with Gasteiger partial charge in [-0.05, 0) is 34.3 Å². The van der Waals surface area contributed by atoms with Gasteiger partial charge in [-0.1, -0.05) is 0 Å². The average molecular weight is 176 g/mol. The predicted molar refractivity (Wildman–Crippen MR) is 36.5 cm³/mol. The van der Waals surface area contributed by atoms with Crippen molar-refractivity contribution in [2.45, 2.75) is 0 Å². The number of hydrogen-bond donors (Lipinski definition) is 0. The summed E-state index contributed by atoms with van der Waals surface area (Å²) in [7, 11) is 0. The minimum absolute atomic E-state index is 1.10. The molecule has 0 saturated carbocycles. The first-order valence-corrected chi connectivity index (χ1v) is 3.53. The molecule has 0 atom stereocenters. The highest BCUT2D eigenvalue weighted by Gasteiger charge is 1.89. The molecule has 0 unspecified atom stereocenters. The first kappa shape index (κ1) is 5.32. The Kier molecular flexibility index (Phi) is 1.50. The van der Waals surface area contributed by atoms with Gasteiger partial charge in [-0.25, -0.2) is 0 Å². The molecular weight excluding hydrogens is 172 g/mol. The van der Waals surface area contributed by atoms with Gasteiger partial charge in [0.1, 0.15) is 0 Å². The van der Waals surface area contributed by atoms with Crippen LogP contribution in [0.3, 0.4) is 0 Å². The fraction of sp³-hybridized carbons (Fsp3) is 0. The second-order valence-electron chi connectivity index (χ2n) is 1.19. The van der Waals surface area contributed by atoms with Crippen molar-refractivity contribution in [3.63, 3.8) is 0 Å². The molecule has 0 N–H and O–H groups in total. The summed E-state index contributed by atoms with van der Waals surface area (Å²) in [6, 6.07) is 1.99. The lowest BCUT2D eigenvalue weighted by atomic mass is 10.5. The van der Waals surface area contributed by atoms with Crippen molar-refractivity contribution in [3.8, 4) is 0 Å². The van der Waals surface area contributed by atoms with E-state index < -0.39 is 0 Å². The van der Waals surface area contributed by atoms with Crippen molar-refractivity contribution in [2.75, 3.05) is 0 Å². The normalized spacial score (nSPS) is 9.43. The average Bonchev–Trinajstić information content (AvgIpc) is 1.91. The van der Waals surface area contributed by atoms with Gasteiger partial charge < -0.3 is 0 Å². The van der Waals surface area contributed by atoms with Crippen LogP contribution in [0.25, 0.3) is 0 Å². The van der Waals surface area contributed by atoms with Gasteiger partial charge in [-0.3, -0.25) is 0 Å². The molecular formula is C5H4BrS. The first-order chi connectivity index (χ1) is 3.30. The molecule has 1 rings (SSSR count). The van der Waals surface area contributed by atoms with Crippen molar-refractivity contribution in [1.29, 1.82) is 0 Å². The summed E-state index contributed by atoms with van der Waals surface area (Å²) < 4.78 is 1.11. The summed E-state index contributed by atoms with van der Waals surface area (Å²) in [4.78, 5) is 1.10. The lowest BCUT2D eigenvalue weighted by molar-refractivity contribution is 1.78. The standard InChI is InChI=1S/C5H4BrS/c1-4-5(6)2-3-7-4/h2-3H,1H2. The second-order valence-corrected chi connectivity index (χ2v) is 3.05. The third-order valence-electron chi connectivity index (χ3n) is 0.691. The van der Waals surface area contributed by atoms with Gasteiger partial charge in [-0.15, -0.1) is 11.3 Å². The van der Waals surface area contributed by atoms with E-state index in [2.05, 4.69) is 22.9 Å². The maximum absolute atomic E-state index is 3.75. The molecule has 7 heavy (non-hydrogen) atoms. The Bertz CT molecular complexity index is 140. The molecule has 0 aliphatic rings. The van der Waals surface area contributed by atoms with E-state index in [0.29, 0.717) is 0 Å². The first-order valence-electron chi connectivity index (χ1n) is 1.85. The highest BCUT2D eigenvalue weighted by Crippen LogP contribution is 2.20. The van der Waals surface area contributed by atoms with Crippen molar-refractivity contribution in [1.82, 2.24) is 0 Å². The monoisotopic (exact) mass is 175 g/mol. The molecule has 0 fully saturated rings. The Morgan fingerprint density at radius 3 is 2.57 bits per heavy atom. The van der Waals surface area contributed by atoms with Gasteiger partial charge in [-0.2, -0.15) is 0 Å². The molecule has 0 bridgehead atoms. The van der Waals surface area contributed by atoms with Crippen LogP contribution in [-0.2, 0) is 0 Å². The largest absolute Gasteiger partial charge is 0.148 e. The van der Waals surface area contributed by atoms with Crippen LogP contribution in [-0.4, -0.2) is 0 Å². The van der Waals surface area contributed by atoms with Crippen LogP contribution in [0.4, 0.5) is 0 Å². The highest BCUT2D eigenvalue weighted by molar-refractivity contribution is 9.10. The van der Waals surface area contributed by atoms with Gasteiger partial charge in [0.15, 0.2) is 0 Å². The second kappa shape index (κ2) is 1.97. The fourth-order valence-corrected chi connectivity index (χ4v) is 1.46. The van der Waals surface area contributed by atoms with E-state index in [9.17, 15) is 0 Å². The van der Waals surface area contributed by atoms with E-state index in [0.717, 1.165) is 9.35 Å². The SMILES string of the molecule is [CH2]c1sccc1Br. The van der Waals surface area contributed by atoms with E-state index in [-0.39, 0.29) is 0 Å². The minimum atomic E-state index is 1.10. The molecule has 1 heterocycles. The Balaban J connectivity index is 3.12. The van der Waals surface area contributed by atoms with Crippen LogP contribution < -0.4 is 0 Å². The van der Waals surface area contributed by atoms with E-state index in [1.54, 1.807) is 11.3 Å². The van der Waals surface area contributed by atoms with Gasteiger partial charge in [0, 0.05) is 9.35 Å². The van der Waals surface area contributed by atoms with Gasteiger partial charge in [0.05, 0.1) is 0 Å². The Labute approximate surface area is 55.3 Å². The molecule has 2 heteroatoms. The third kappa shape index (κ3) is 1.04. The topological polar surface area (TPSA) is 0 Å². The number of rotatable bonds is 0. The Hall–Kier alpha value is 0.180. The minimum Gasteiger partial charge on any atom is -0.148 e. The summed E-state index contributed by atoms with van der Waals surface area (Å²) in [5, 5.41) is 2.01. The van der Waals surface area contributed by atoms with Crippen LogP contribution in [0.5, 0.6) is 0 Å². The van der Waals surface area contributed by atoms with Crippen LogP contribution in [0.15, 0.2) is 15.9 Å². The molecule has 0 nitrogen and oxygen atoms in total. The highest BCUT2D eigenvalue weighted by atomic mass is 79.9. The van der Waals surface area contributed by atoms with E-state index in [1.807, 2.05) is 11.4 Å². The van der Waals surface area contributed by atoms with Crippen molar-refractivity contribution >= 4 is 27.3 Å². The van der Waals surface area contributed by atoms with Gasteiger partial charge >= 0.3 is 0 Å². The van der Waals surface area contributed by atoms with Crippen molar-refractivity contribution in [2.24, 2.45) is 0 Å². The van der Waals surface area contributed by atoms with Gasteiger partial charge in [0.2, 0.25) is 0 Å². The lowest BCUT2D eigenvalue weighted by Gasteiger charge is -1.77. The van der Waals surface area contributed by atoms with E-state index in [1.165, 1.54) is 0 Å². The van der Waals surface area contributed by atoms with E-state index in [4.69, 9.17) is 0 Å². The summed E-state index contributed by atoms with van der Waals surface area (Å²) in [6.45, 7) is 3.75. The van der Waals surface area contributed by atoms with E-state index >= 15 is 0 Å². The summed E-state index contributed by atoms with van der Waals surface area (Å²) in [5.74, 6) is 0. The zero-order chi connectivity index (χ0) is 5.28.